The Labute approximate surface area is 169 Å². The van der Waals surface area contributed by atoms with Crippen LogP contribution >= 0.6 is 0 Å². The van der Waals surface area contributed by atoms with Crippen molar-refractivity contribution in [1.29, 1.82) is 0 Å². The number of amidine groups is 1. The summed E-state index contributed by atoms with van der Waals surface area (Å²) in [5.74, 6) is 0.0811. The fourth-order valence-electron chi connectivity index (χ4n) is 3.77. The molecule has 1 fully saturated rings. The zero-order valence-electron chi connectivity index (χ0n) is 16.0. The molecule has 2 heterocycles. The molecule has 2 aromatic carbocycles. The zero-order valence-corrected chi connectivity index (χ0v) is 16.8. The van der Waals surface area contributed by atoms with Crippen molar-refractivity contribution in [3.8, 4) is 0 Å². The molecule has 8 heteroatoms. The third-order valence-electron chi connectivity index (χ3n) is 5.25. The maximum Gasteiger partial charge on any atom is 0.285 e. The van der Waals surface area contributed by atoms with Crippen molar-refractivity contribution in [3.63, 3.8) is 0 Å². The third-order valence-corrected chi connectivity index (χ3v) is 6.57. The number of piperidine rings is 1. The van der Waals surface area contributed by atoms with Crippen molar-refractivity contribution in [2.45, 2.75) is 37.1 Å². The van der Waals surface area contributed by atoms with Gasteiger partial charge in [0.1, 0.15) is 10.9 Å². The van der Waals surface area contributed by atoms with Crippen molar-refractivity contribution in [2.75, 3.05) is 11.9 Å². The molecule has 4 rings (SSSR count). The molecule has 7 nitrogen and oxygen atoms in total. The van der Waals surface area contributed by atoms with Crippen LogP contribution in [0, 0.1) is 0 Å². The minimum Gasteiger partial charge on any atom is -0.343 e. The van der Waals surface area contributed by atoms with Gasteiger partial charge in [-0.1, -0.05) is 12.1 Å². The summed E-state index contributed by atoms with van der Waals surface area (Å²) >= 11 is 0. The summed E-state index contributed by atoms with van der Waals surface area (Å²) in [6.45, 7) is 2.05. The van der Waals surface area contributed by atoms with E-state index in [1.165, 1.54) is 13.0 Å². The number of anilines is 1. The molecular weight excluding hydrogens is 390 g/mol. The minimum atomic E-state index is -3.74. The summed E-state index contributed by atoms with van der Waals surface area (Å²) in [4.78, 5) is 26.4. The molecular formula is C21H21N3O4S. The summed E-state index contributed by atoms with van der Waals surface area (Å²) in [6.07, 6.45) is 2.34. The molecule has 29 heavy (non-hydrogen) atoms. The average molecular weight is 411 g/mol. The van der Waals surface area contributed by atoms with E-state index in [0.29, 0.717) is 35.6 Å². The number of hydrogen-bond acceptors (Lipinski definition) is 5. The van der Waals surface area contributed by atoms with Crippen molar-refractivity contribution < 1.29 is 18.0 Å². The van der Waals surface area contributed by atoms with E-state index in [9.17, 15) is 18.0 Å². The number of rotatable bonds is 3. The Bertz CT molecular complexity index is 1110. The fourth-order valence-corrected chi connectivity index (χ4v) is 4.98. The van der Waals surface area contributed by atoms with Crippen LogP contribution in [0.25, 0.3) is 0 Å². The van der Waals surface area contributed by atoms with E-state index in [1.807, 2.05) is 0 Å². The molecule has 150 valence electrons. The first-order valence-corrected chi connectivity index (χ1v) is 10.9. The number of fused-ring (bicyclic) bond motifs is 1. The van der Waals surface area contributed by atoms with Crippen LogP contribution in [0.1, 0.15) is 42.1 Å². The van der Waals surface area contributed by atoms with E-state index in [-0.39, 0.29) is 16.6 Å². The molecule has 0 unspecified atom stereocenters. The number of carbonyl (C=O) groups is 2. The standard InChI is InChI=1S/C21H21N3O4S/c1-14(25)15-9-11-16(12-10-15)22-21(26)18-7-4-5-13-24(18)20-17-6-2-3-8-19(17)29(27,28)23-20/h2-3,6,8-12,18H,4-5,7,13H2,1H3,(H,22,26)/t18-/m0/s1. The number of hydrogen-bond donors (Lipinski definition) is 1. The highest BCUT2D eigenvalue weighted by Gasteiger charge is 2.37. The molecule has 1 saturated heterocycles. The molecule has 2 aliphatic heterocycles. The molecule has 2 aliphatic rings. The van der Waals surface area contributed by atoms with Crippen LogP contribution in [-0.4, -0.2) is 43.4 Å². The van der Waals surface area contributed by atoms with E-state index in [1.54, 1.807) is 47.4 Å². The SMILES string of the molecule is CC(=O)c1ccc(NC(=O)[C@@H]2CCCCN2C2=NS(=O)(=O)c3ccccc32)cc1. The molecule has 2 aromatic rings. The Balaban J connectivity index is 1.60. The van der Waals surface area contributed by atoms with E-state index in [0.717, 1.165) is 12.8 Å². The van der Waals surface area contributed by atoms with Gasteiger partial charge in [0.25, 0.3) is 10.0 Å². The molecule has 1 N–H and O–H groups in total. The number of amides is 1. The highest BCUT2D eigenvalue weighted by molar-refractivity contribution is 7.90. The summed E-state index contributed by atoms with van der Waals surface area (Å²) < 4.78 is 28.8. The second-order valence-corrected chi connectivity index (χ2v) is 8.79. The van der Waals surface area contributed by atoms with Crippen LogP contribution in [0.15, 0.2) is 57.8 Å². The summed E-state index contributed by atoms with van der Waals surface area (Å²) in [6, 6.07) is 12.9. The van der Waals surface area contributed by atoms with Crippen LogP contribution in [0.2, 0.25) is 0 Å². The predicted molar refractivity (Wildman–Crippen MR) is 110 cm³/mol. The quantitative estimate of drug-likeness (QED) is 0.784. The lowest BCUT2D eigenvalue weighted by molar-refractivity contribution is -0.120. The molecule has 0 radical (unpaired) electrons. The zero-order chi connectivity index (χ0) is 20.6. The first kappa shape index (κ1) is 19.3. The predicted octanol–water partition coefficient (Wildman–Crippen LogP) is 2.83. The van der Waals surface area contributed by atoms with Gasteiger partial charge in [0.2, 0.25) is 5.91 Å². The van der Waals surface area contributed by atoms with Crippen LogP contribution in [0.4, 0.5) is 5.69 Å². The molecule has 1 atom stereocenters. The Hall–Kier alpha value is -3.00. The lowest BCUT2D eigenvalue weighted by atomic mass is 9.99. The van der Waals surface area contributed by atoms with Crippen molar-refractivity contribution in [2.24, 2.45) is 4.40 Å². The number of ketones is 1. The Morgan fingerprint density at radius 1 is 1.07 bits per heavy atom. The number of nitrogens with one attached hydrogen (secondary N) is 1. The highest BCUT2D eigenvalue weighted by atomic mass is 32.2. The number of Topliss-reactive ketones (excluding diaryl/α,β-unsaturated/α-hetero) is 1. The smallest absolute Gasteiger partial charge is 0.285 e. The van der Waals surface area contributed by atoms with Crippen LogP contribution in [-0.2, 0) is 14.8 Å². The number of benzene rings is 2. The van der Waals surface area contributed by atoms with Crippen LogP contribution < -0.4 is 5.32 Å². The van der Waals surface area contributed by atoms with Gasteiger partial charge < -0.3 is 10.2 Å². The minimum absolute atomic E-state index is 0.0412. The van der Waals surface area contributed by atoms with Gasteiger partial charge in [0.05, 0.1) is 0 Å². The topological polar surface area (TPSA) is 95.9 Å². The van der Waals surface area contributed by atoms with Gasteiger partial charge in [-0.2, -0.15) is 8.42 Å². The molecule has 0 spiro atoms. The second kappa shape index (κ2) is 7.44. The van der Waals surface area contributed by atoms with E-state index < -0.39 is 16.1 Å². The maximum atomic E-state index is 13.0. The van der Waals surface area contributed by atoms with Crippen molar-refractivity contribution >= 4 is 33.2 Å². The van der Waals surface area contributed by atoms with Gasteiger partial charge in [-0.3, -0.25) is 9.59 Å². The van der Waals surface area contributed by atoms with Gasteiger partial charge in [-0.25, -0.2) is 0 Å². The molecule has 0 bridgehead atoms. The van der Waals surface area contributed by atoms with Crippen LogP contribution in [0.3, 0.4) is 0 Å². The first-order valence-electron chi connectivity index (χ1n) is 9.50. The van der Waals surface area contributed by atoms with Gasteiger partial charge in [-0.05, 0) is 62.6 Å². The summed E-state index contributed by atoms with van der Waals surface area (Å²) in [7, 11) is -3.74. The molecule has 0 aliphatic carbocycles. The van der Waals surface area contributed by atoms with Gasteiger partial charge in [0.15, 0.2) is 11.6 Å². The second-order valence-electron chi connectivity index (χ2n) is 7.21. The number of sulfonamides is 1. The van der Waals surface area contributed by atoms with E-state index >= 15 is 0 Å². The van der Waals surface area contributed by atoms with Crippen molar-refractivity contribution in [3.05, 3.63) is 59.7 Å². The molecule has 1 amide bonds. The average Bonchev–Trinajstić information content (AvgIpc) is 2.99. The largest absolute Gasteiger partial charge is 0.343 e. The molecule has 0 aromatic heterocycles. The number of likely N-dealkylation sites (tertiary alicyclic amines) is 1. The highest BCUT2D eigenvalue weighted by Crippen LogP contribution is 2.31. The Morgan fingerprint density at radius 2 is 1.79 bits per heavy atom. The lowest BCUT2D eigenvalue weighted by Gasteiger charge is -2.36. The van der Waals surface area contributed by atoms with E-state index in [4.69, 9.17) is 0 Å². The number of carbonyl (C=O) groups excluding carboxylic acids is 2. The summed E-state index contributed by atoms with van der Waals surface area (Å²) in [5.41, 5.74) is 1.70. The van der Waals surface area contributed by atoms with Crippen molar-refractivity contribution in [1.82, 2.24) is 4.90 Å². The Kier molecular flexibility index (Phi) is 4.96. The monoisotopic (exact) mass is 411 g/mol. The van der Waals surface area contributed by atoms with Crippen LogP contribution in [0.5, 0.6) is 0 Å². The maximum absolute atomic E-state index is 13.0. The summed E-state index contributed by atoms with van der Waals surface area (Å²) in [5, 5.41) is 2.88. The molecule has 0 saturated carbocycles. The normalized spacial score (nSPS) is 20.0. The van der Waals surface area contributed by atoms with E-state index in [2.05, 4.69) is 9.71 Å². The third kappa shape index (κ3) is 3.67. The van der Waals surface area contributed by atoms with Gasteiger partial charge >= 0.3 is 0 Å². The lowest BCUT2D eigenvalue weighted by Crippen LogP contribution is -2.50. The first-order chi connectivity index (χ1) is 13.9. The Morgan fingerprint density at radius 3 is 2.52 bits per heavy atom. The van der Waals surface area contributed by atoms with Gasteiger partial charge in [0, 0.05) is 23.4 Å². The number of nitrogens with zero attached hydrogens (tertiary/aromatic N) is 2. The van der Waals surface area contributed by atoms with Gasteiger partial charge in [-0.15, -0.1) is 4.40 Å². The fraction of sp³-hybridized carbons (Fsp3) is 0.286.